The number of nitrogens with zero attached hydrogens (tertiary/aromatic N) is 4. The van der Waals surface area contributed by atoms with Crippen LogP contribution in [0.2, 0.25) is 0 Å². The number of rotatable bonds is 6. The van der Waals surface area contributed by atoms with Crippen LogP contribution in [0.4, 0.5) is 0 Å². The standard InChI is InChI=1S/C13H25N5/c1-11(2)13-5-4-6-17(13)7-8-18-10-12(9-14-3)15-16-18/h10-11,13-14H,4-9H2,1-3H3. The second-order valence-electron chi connectivity index (χ2n) is 5.49. The zero-order chi connectivity index (χ0) is 13.0. The molecule has 0 radical (unpaired) electrons. The van der Waals surface area contributed by atoms with Gasteiger partial charge in [-0.3, -0.25) is 9.58 Å². The van der Waals surface area contributed by atoms with Gasteiger partial charge < -0.3 is 5.32 Å². The van der Waals surface area contributed by atoms with E-state index in [0.717, 1.165) is 37.3 Å². The van der Waals surface area contributed by atoms with E-state index in [9.17, 15) is 0 Å². The van der Waals surface area contributed by atoms with E-state index in [0.29, 0.717) is 0 Å². The van der Waals surface area contributed by atoms with Crippen molar-refractivity contribution in [3.8, 4) is 0 Å². The Morgan fingerprint density at radius 3 is 3.00 bits per heavy atom. The normalized spacial score (nSPS) is 21.0. The molecule has 1 atom stereocenters. The summed E-state index contributed by atoms with van der Waals surface area (Å²) in [6.45, 7) is 8.71. The van der Waals surface area contributed by atoms with Crippen LogP contribution in [0.25, 0.3) is 0 Å². The minimum absolute atomic E-state index is 0.753. The van der Waals surface area contributed by atoms with Crippen LogP contribution in [0.15, 0.2) is 6.20 Å². The maximum Gasteiger partial charge on any atom is 0.0964 e. The summed E-state index contributed by atoms with van der Waals surface area (Å²) in [7, 11) is 1.93. The summed E-state index contributed by atoms with van der Waals surface area (Å²) in [5.74, 6) is 0.753. The maximum absolute atomic E-state index is 4.17. The van der Waals surface area contributed by atoms with Crippen molar-refractivity contribution in [3.63, 3.8) is 0 Å². The fraction of sp³-hybridized carbons (Fsp3) is 0.846. The van der Waals surface area contributed by atoms with E-state index in [1.807, 2.05) is 17.9 Å². The fourth-order valence-electron chi connectivity index (χ4n) is 2.83. The highest BCUT2D eigenvalue weighted by Gasteiger charge is 2.26. The van der Waals surface area contributed by atoms with Crippen LogP contribution in [-0.4, -0.2) is 46.1 Å². The first-order valence-electron chi connectivity index (χ1n) is 6.98. The van der Waals surface area contributed by atoms with E-state index in [4.69, 9.17) is 0 Å². The van der Waals surface area contributed by atoms with Gasteiger partial charge in [-0.2, -0.15) is 0 Å². The van der Waals surface area contributed by atoms with E-state index < -0.39 is 0 Å². The summed E-state index contributed by atoms with van der Waals surface area (Å²) in [6, 6.07) is 0.755. The van der Waals surface area contributed by atoms with E-state index in [1.54, 1.807) is 0 Å². The van der Waals surface area contributed by atoms with Crippen LogP contribution in [0.5, 0.6) is 0 Å². The van der Waals surface area contributed by atoms with Crippen LogP contribution >= 0.6 is 0 Å². The predicted octanol–water partition coefficient (Wildman–Crippen LogP) is 1.12. The molecule has 0 aliphatic carbocycles. The first-order chi connectivity index (χ1) is 8.70. The lowest BCUT2D eigenvalue weighted by Gasteiger charge is -2.27. The molecule has 0 saturated carbocycles. The summed E-state index contributed by atoms with van der Waals surface area (Å²) in [4.78, 5) is 2.60. The Labute approximate surface area is 110 Å². The second-order valence-corrected chi connectivity index (χ2v) is 5.49. The minimum atomic E-state index is 0.753. The van der Waals surface area contributed by atoms with Gasteiger partial charge in [-0.25, -0.2) is 0 Å². The molecular formula is C13H25N5. The van der Waals surface area contributed by atoms with Crippen molar-refractivity contribution in [2.75, 3.05) is 20.1 Å². The summed E-state index contributed by atoms with van der Waals surface area (Å²) < 4.78 is 1.96. The van der Waals surface area contributed by atoms with Gasteiger partial charge >= 0.3 is 0 Å². The molecule has 0 bridgehead atoms. The molecule has 5 heteroatoms. The number of hydrogen-bond donors (Lipinski definition) is 1. The lowest BCUT2D eigenvalue weighted by Crippen LogP contribution is -2.35. The Kier molecular flexibility index (Phi) is 4.72. The molecule has 18 heavy (non-hydrogen) atoms. The molecule has 2 rings (SSSR count). The molecule has 102 valence electrons. The molecule has 1 fully saturated rings. The molecule has 0 amide bonds. The highest BCUT2D eigenvalue weighted by Crippen LogP contribution is 2.23. The molecule has 1 aliphatic heterocycles. The highest BCUT2D eigenvalue weighted by molar-refractivity contribution is 4.91. The van der Waals surface area contributed by atoms with Gasteiger partial charge in [0.2, 0.25) is 0 Å². The summed E-state index contributed by atoms with van der Waals surface area (Å²) in [5.41, 5.74) is 1.01. The van der Waals surface area contributed by atoms with Crippen LogP contribution in [0.1, 0.15) is 32.4 Å². The van der Waals surface area contributed by atoms with Gasteiger partial charge in [0.05, 0.1) is 12.2 Å². The van der Waals surface area contributed by atoms with Gasteiger partial charge in [-0.1, -0.05) is 19.1 Å². The van der Waals surface area contributed by atoms with Crippen LogP contribution < -0.4 is 5.32 Å². The van der Waals surface area contributed by atoms with Gasteiger partial charge in [-0.05, 0) is 32.4 Å². The maximum atomic E-state index is 4.17. The Hall–Kier alpha value is -0.940. The molecule has 1 aromatic heterocycles. The molecular weight excluding hydrogens is 226 g/mol. The van der Waals surface area contributed by atoms with E-state index >= 15 is 0 Å². The third-order valence-electron chi connectivity index (χ3n) is 3.74. The zero-order valence-corrected chi connectivity index (χ0v) is 11.8. The van der Waals surface area contributed by atoms with E-state index in [1.165, 1.54) is 19.4 Å². The average Bonchev–Trinajstić information content (AvgIpc) is 2.95. The third-order valence-corrected chi connectivity index (χ3v) is 3.74. The molecule has 1 aromatic rings. The number of likely N-dealkylation sites (tertiary alicyclic amines) is 1. The van der Waals surface area contributed by atoms with Gasteiger partial charge in [0.15, 0.2) is 0 Å². The van der Waals surface area contributed by atoms with Crippen molar-refractivity contribution in [2.45, 2.75) is 45.8 Å². The van der Waals surface area contributed by atoms with Crippen LogP contribution in [0, 0.1) is 5.92 Å². The van der Waals surface area contributed by atoms with Crippen molar-refractivity contribution >= 4 is 0 Å². The van der Waals surface area contributed by atoms with Crippen LogP contribution in [-0.2, 0) is 13.1 Å². The Morgan fingerprint density at radius 2 is 2.28 bits per heavy atom. The first-order valence-corrected chi connectivity index (χ1v) is 6.98. The van der Waals surface area contributed by atoms with Crippen molar-refractivity contribution in [2.24, 2.45) is 5.92 Å². The topological polar surface area (TPSA) is 46.0 Å². The lowest BCUT2D eigenvalue weighted by atomic mass is 10.0. The average molecular weight is 251 g/mol. The van der Waals surface area contributed by atoms with Gasteiger partial charge in [-0.15, -0.1) is 5.10 Å². The Bertz CT molecular complexity index is 360. The molecule has 1 aliphatic rings. The molecule has 1 saturated heterocycles. The monoisotopic (exact) mass is 251 g/mol. The van der Waals surface area contributed by atoms with Crippen molar-refractivity contribution < 1.29 is 0 Å². The van der Waals surface area contributed by atoms with Gasteiger partial charge in [0.25, 0.3) is 0 Å². The fourth-order valence-corrected chi connectivity index (χ4v) is 2.83. The van der Waals surface area contributed by atoms with E-state index in [-0.39, 0.29) is 0 Å². The quantitative estimate of drug-likeness (QED) is 0.823. The van der Waals surface area contributed by atoms with Crippen molar-refractivity contribution in [1.82, 2.24) is 25.2 Å². The minimum Gasteiger partial charge on any atom is -0.314 e. The van der Waals surface area contributed by atoms with Gasteiger partial charge in [0.1, 0.15) is 0 Å². The van der Waals surface area contributed by atoms with Crippen LogP contribution in [0.3, 0.4) is 0 Å². The van der Waals surface area contributed by atoms with Crippen molar-refractivity contribution in [1.29, 1.82) is 0 Å². The third kappa shape index (κ3) is 3.29. The molecule has 0 spiro atoms. The Balaban J connectivity index is 1.83. The highest BCUT2D eigenvalue weighted by atomic mass is 15.4. The molecule has 2 heterocycles. The molecule has 1 N–H and O–H groups in total. The number of nitrogens with one attached hydrogen (secondary N) is 1. The SMILES string of the molecule is CNCc1cn(CCN2CCCC2C(C)C)nn1. The zero-order valence-electron chi connectivity index (χ0n) is 11.8. The summed E-state index contributed by atoms with van der Waals surface area (Å²) in [6.07, 6.45) is 4.72. The predicted molar refractivity (Wildman–Crippen MR) is 72.2 cm³/mol. The largest absolute Gasteiger partial charge is 0.314 e. The molecule has 5 nitrogen and oxygen atoms in total. The first kappa shape index (κ1) is 13.5. The van der Waals surface area contributed by atoms with E-state index in [2.05, 4.69) is 34.4 Å². The number of aromatic nitrogens is 3. The second kappa shape index (κ2) is 6.29. The smallest absolute Gasteiger partial charge is 0.0964 e. The Morgan fingerprint density at radius 1 is 1.44 bits per heavy atom. The van der Waals surface area contributed by atoms with Crippen molar-refractivity contribution in [3.05, 3.63) is 11.9 Å². The lowest BCUT2D eigenvalue weighted by molar-refractivity contribution is 0.197. The molecule has 0 aromatic carbocycles. The summed E-state index contributed by atoms with van der Waals surface area (Å²) >= 11 is 0. The molecule has 1 unspecified atom stereocenters. The van der Waals surface area contributed by atoms with Gasteiger partial charge in [0, 0.05) is 25.3 Å². The number of hydrogen-bond acceptors (Lipinski definition) is 4. The summed E-state index contributed by atoms with van der Waals surface area (Å²) in [5, 5.41) is 11.4.